The van der Waals surface area contributed by atoms with Crippen molar-refractivity contribution >= 4 is 5.91 Å². The number of nitrogens with one attached hydrogen (secondary N) is 1. The lowest BCUT2D eigenvalue weighted by Gasteiger charge is -2.28. The van der Waals surface area contributed by atoms with Gasteiger partial charge in [0.2, 0.25) is 5.92 Å². The number of alkyl halides is 2. The monoisotopic (exact) mass is 410 g/mol. The first-order valence-electron chi connectivity index (χ1n) is 9.65. The molecule has 0 unspecified atom stereocenters. The molecule has 1 fully saturated rings. The van der Waals surface area contributed by atoms with Crippen LogP contribution in [0, 0.1) is 5.82 Å². The number of phenolic OH excluding ortho intramolecular Hbond substituents is 1. The van der Waals surface area contributed by atoms with E-state index in [2.05, 4.69) is 10.4 Å². The molecule has 1 aliphatic carbocycles. The van der Waals surface area contributed by atoms with E-state index in [1.54, 1.807) is 0 Å². The van der Waals surface area contributed by atoms with Crippen LogP contribution in [0.15, 0.2) is 16.9 Å². The zero-order chi connectivity index (χ0) is 20.8. The fourth-order valence-corrected chi connectivity index (χ4v) is 3.90. The Morgan fingerprint density at radius 1 is 1.24 bits per heavy atom. The number of phenols is 1. The number of rotatable bonds is 3. The van der Waals surface area contributed by atoms with Crippen molar-refractivity contribution in [3.05, 3.63) is 39.8 Å². The Kier molecular flexibility index (Phi) is 4.87. The van der Waals surface area contributed by atoms with E-state index in [9.17, 15) is 27.9 Å². The number of benzene rings is 1. The average molecular weight is 410 g/mol. The minimum Gasteiger partial charge on any atom is -0.507 e. The number of fused-ring (bicyclic) bond motifs is 1. The highest BCUT2D eigenvalue weighted by molar-refractivity contribution is 5.97. The molecule has 1 saturated carbocycles. The number of hydrogen-bond acceptors (Lipinski definition) is 4. The number of amides is 1. The van der Waals surface area contributed by atoms with Gasteiger partial charge in [-0.05, 0) is 31.7 Å². The van der Waals surface area contributed by atoms with Crippen LogP contribution in [0.3, 0.4) is 0 Å². The normalized spacial score (nSPS) is 19.0. The molecule has 2 aliphatic rings. The molecule has 0 atom stereocenters. The zero-order valence-corrected chi connectivity index (χ0v) is 15.6. The van der Waals surface area contributed by atoms with Gasteiger partial charge >= 0.3 is 5.69 Å². The van der Waals surface area contributed by atoms with Crippen LogP contribution in [0.5, 0.6) is 5.75 Å². The number of carbonyl (C=O) groups excluding carboxylic acids is 1. The minimum atomic E-state index is -2.73. The van der Waals surface area contributed by atoms with Crippen LogP contribution in [0.4, 0.5) is 13.2 Å². The van der Waals surface area contributed by atoms with E-state index >= 15 is 0 Å². The number of aromatic nitrogens is 3. The maximum atomic E-state index is 14.7. The second-order valence-electron chi connectivity index (χ2n) is 7.64. The van der Waals surface area contributed by atoms with Crippen molar-refractivity contribution < 1.29 is 23.1 Å². The van der Waals surface area contributed by atoms with Crippen LogP contribution < -0.4 is 11.0 Å². The van der Waals surface area contributed by atoms with Crippen LogP contribution in [0.1, 0.15) is 54.7 Å². The maximum Gasteiger partial charge on any atom is 0.350 e. The molecule has 1 amide bonds. The van der Waals surface area contributed by atoms with Gasteiger partial charge in [-0.1, -0.05) is 0 Å². The van der Waals surface area contributed by atoms with Crippen LogP contribution in [0.25, 0.3) is 5.69 Å². The summed E-state index contributed by atoms with van der Waals surface area (Å²) in [5.41, 5.74) is -1.07. The van der Waals surface area contributed by atoms with Crippen LogP contribution >= 0.6 is 0 Å². The Hall–Kier alpha value is -2.78. The summed E-state index contributed by atoms with van der Waals surface area (Å²) in [5, 5.41) is 17.0. The SMILES string of the molecule is O=C(NC1CCC(F)(F)CC1)c1cc(F)c(-n2nc3n(c2=O)CCCC3)cc1O. The maximum absolute atomic E-state index is 14.7. The molecule has 0 bridgehead atoms. The fourth-order valence-electron chi connectivity index (χ4n) is 3.90. The number of aromatic hydroxyl groups is 1. The van der Waals surface area contributed by atoms with E-state index in [1.807, 2.05) is 0 Å². The highest BCUT2D eigenvalue weighted by Gasteiger charge is 2.35. The Balaban J connectivity index is 1.57. The van der Waals surface area contributed by atoms with E-state index in [-0.39, 0.29) is 36.9 Å². The summed E-state index contributed by atoms with van der Waals surface area (Å²) in [6.45, 7) is 0.503. The Labute approximate surface area is 164 Å². The summed E-state index contributed by atoms with van der Waals surface area (Å²) in [4.78, 5) is 24.9. The second kappa shape index (κ2) is 7.23. The molecule has 0 radical (unpaired) electrons. The lowest BCUT2D eigenvalue weighted by atomic mass is 9.92. The predicted molar refractivity (Wildman–Crippen MR) is 97.1 cm³/mol. The Morgan fingerprint density at radius 2 is 1.97 bits per heavy atom. The van der Waals surface area contributed by atoms with Crippen molar-refractivity contribution in [1.82, 2.24) is 19.7 Å². The highest BCUT2D eigenvalue weighted by atomic mass is 19.3. The number of aryl methyl sites for hydroxylation is 1. The summed E-state index contributed by atoms with van der Waals surface area (Å²) in [5.74, 6) is -4.33. The number of carbonyl (C=O) groups is 1. The highest BCUT2D eigenvalue weighted by Crippen LogP contribution is 2.33. The van der Waals surface area contributed by atoms with Gasteiger partial charge in [0.1, 0.15) is 23.1 Å². The molecule has 2 aromatic rings. The van der Waals surface area contributed by atoms with Crippen molar-refractivity contribution in [1.29, 1.82) is 0 Å². The molecule has 1 aliphatic heterocycles. The number of halogens is 3. The summed E-state index contributed by atoms with van der Waals surface area (Å²) < 4.78 is 43.5. The van der Waals surface area contributed by atoms with Crippen molar-refractivity contribution in [3.8, 4) is 11.4 Å². The van der Waals surface area contributed by atoms with E-state index in [4.69, 9.17) is 0 Å². The van der Waals surface area contributed by atoms with Crippen molar-refractivity contribution in [2.24, 2.45) is 0 Å². The molecule has 2 N–H and O–H groups in total. The topological polar surface area (TPSA) is 89.2 Å². The molecule has 29 heavy (non-hydrogen) atoms. The molecular weight excluding hydrogens is 389 g/mol. The van der Waals surface area contributed by atoms with E-state index in [0.717, 1.165) is 29.7 Å². The molecule has 7 nitrogen and oxygen atoms in total. The average Bonchev–Trinajstić information content (AvgIpc) is 3.01. The Morgan fingerprint density at radius 3 is 2.66 bits per heavy atom. The molecule has 10 heteroatoms. The largest absolute Gasteiger partial charge is 0.507 e. The van der Waals surface area contributed by atoms with Gasteiger partial charge in [-0.3, -0.25) is 9.36 Å². The van der Waals surface area contributed by atoms with Gasteiger partial charge in [0.25, 0.3) is 5.91 Å². The van der Waals surface area contributed by atoms with Gasteiger partial charge in [0, 0.05) is 37.9 Å². The van der Waals surface area contributed by atoms with Gasteiger partial charge in [0.05, 0.1) is 5.56 Å². The second-order valence-corrected chi connectivity index (χ2v) is 7.64. The van der Waals surface area contributed by atoms with Gasteiger partial charge in [-0.25, -0.2) is 18.0 Å². The summed E-state index contributed by atoms with van der Waals surface area (Å²) in [6.07, 6.45) is 1.88. The fraction of sp³-hybridized carbons (Fsp3) is 0.526. The number of hydrogen-bond donors (Lipinski definition) is 2. The van der Waals surface area contributed by atoms with Gasteiger partial charge in [-0.2, -0.15) is 4.68 Å². The first-order chi connectivity index (χ1) is 13.7. The molecule has 0 saturated heterocycles. The van der Waals surface area contributed by atoms with Gasteiger partial charge in [-0.15, -0.1) is 5.10 Å². The molecule has 156 valence electrons. The third-order valence-corrected chi connectivity index (χ3v) is 5.56. The standard InChI is InChI=1S/C19H21F3N4O3/c20-13-9-12(17(28)23-11-4-6-19(21,22)7-5-11)15(27)10-14(13)26-18(29)25-8-2-1-3-16(25)24-26/h9-11,27H,1-8H2,(H,23,28). The zero-order valence-electron chi connectivity index (χ0n) is 15.6. The lowest BCUT2D eigenvalue weighted by Crippen LogP contribution is -2.40. The molecule has 4 rings (SSSR count). The van der Waals surface area contributed by atoms with Crippen molar-refractivity contribution in [2.75, 3.05) is 0 Å². The van der Waals surface area contributed by atoms with Crippen molar-refractivity contribution in [2.45, 2.75) is 63.5 Å². The quantitative estimate of drug-likeness (QED) is 0.814. The first-order valence-corrected chi connectivity index (χ1v) is 9.65. The molecule has 1 aromatic heterocycles. The van der Waals surface area contributed by atoms with Crippen LogP contribution in [-0.2, 0) is 13.0 Å². The van der Waals surface area contributed by atoms with Gasteiger partial charge in [0.15, 0.2) is 0 Å². The summed E-state index contributed by atoms with van der Waals surface area (Å²) >= 11 is 0. The lowest BCUT2D eigenvalue weighted by molar-refractivity contribution is -0.0399. The minimum absolute atomic E-state index is 0.107. The first kappa shape index (κ1) is 19.5. The Bertz CT molecular complexity index is 1000. The third-order valence-electron chi connectivity index (χ3n) is 5.56. The third kappa shape index (κ3) is 3.75. The van der Waals surface area contributed by atoms with E-state index in [0.29, 0.717) is 18.8 Å². The predicted octanol–water partition coefficient (Wildman–Crippen LogP) is 2.52. The number of nitrogens with zero attached hydrogens (tertiary/aromatic N) is 3. The molecule has 0 spiro atoms. The summed E-state index contributed by atoms with van der Waals surface area (Å²) in [6, 6.07) is 1.36. The van der Waals surface area contributed by atoms with E-state index in [1.165, 1.54) is 4.57 Å². The molecule has 1 aromatic carbocycles. The van der Waals surface area contributed by atoms with Crippen LogP contribution in [0.2, 0.25) is 0 Å². The molecule has 2 heterocycles. The van der Waals surface area contributed by atoms with Crippen molar-refractivity contribution in [3.63, 3.8) is 0 Å². The summed E-state index contributed by atoms with van der Waals surface area (Å²) in [7, 11) is 0. The van der Waals surface area contributed by atoms with Gasteiger partial charge < -0.3 is 10.4 Å². The van der Waals surface area contributed by atoms with Crippen LogP contribution in [-0.4, -0.2) is 37.3 Å². The van der Waals surface area contributed by atoms with E-state index < -0.39 is 35.1 Å². The smallest absolute Gasteiger partial charge is 0.350 e. The molecular formula is C19H21F3N4O3.